The van der Waals surface area contributed by atoms with Crippen LogP contribution in [-0.2, 0) is 17.5 Å². The number of halogens is 3. The van der Waals surface area contributed by atoms with Crippen LogP contribution in [0.25, 0.3) is 10.9 Å². The average Bonchev–Trinajstić information content (AvgIpc) is 3.72. The average molecular weight is 546 g/mol. The van der Waals surface area contributed by atoms with Gasteiger partial charge in [0.1, 0.15) is 17.4 Å². The second-order valence-electron chi connectivity index (χ2n) is 9.95. The number of rotatable bonds is 6. The van der Waals surface area contributed by atoms with Crippen LogP contribution in [0.4, 0.5) is 24.7 Å². The zero-order valence-corrected chi connectivity index (χ0v) is 22.5. The third-order valence-electron chi connectivity index (χ3n) is 7.26. The topological polar surface area (TPSA) is 93.4 Å². The lowest BCUT2D eigenvalue weighted by Gasteiger charge is -2.33. The molecule has 1 aliphatic carbocycles. The quantitative estimate of drug-likeness (QED) is 0.341. The van der Waals surface area contributed by atoms with Crippen LogP contribution in [0.2, 0.25) is 0 Å². The molecule has 0 bridgehead atoms. The van der Waals surface area contributed by atoms with Gasteiger partial charge in [-0.05, 0) is 68.3 Å². The number of nitrogen functional groups attached to an aromatic ring is 1. The predicted octanol–water partition coefficient (Wildman–Crippen LogP) is 4.83. The Morgan fingerprint density at radius 2 is 1.87 bits per heavy atom. The zero-order chi connectivity index (χ0) is 27.2. The lowest BCUT2D eigenvalue weighted by Crippen LogP contribution is -2.40. The van der Waals surface area contributed by atoms with Gasteiger partial charge in [0.2, 0.25) is 5.91 Å². The van der Waals surface area contributed by atoms with E-state index in [1.807, 2.05) is 17.0 Å². The highest BCUT2D eigenvalue weighted by Crippen LogP contribution is 2.43. The fourth-order valence-electron chi connectivity index (χ4n) is 5.02. The van der Waals surface area contributed by atoms with E-state index < -0.39 is 19.7 Å². The molecule has 7 nitrogen and oxygen atoms in total. The molecule has 2 heterocycles. The predicted molar refractivity (Wildman–Crippen MR) is 144 cm³/mol. The van der Waals surface area contributed by atoms with Crippen molar-refractivity contribution in [2.75, 3.05) is 43.6 Å². The van der Waals surface area contributed by atoms with E-state index in [9.17, 15) is 18.0 Å². The summed E-state index contributed by atoms with van der Waals surface area (Å²) >= 11 is 0. The van der Waals surface area contributed by atoms with Gasteiger partial charge < -0.3 is 20.7 Å². The largest absolute Gasteiger partial charge is 0.496 e. The van der Waals surface area contributed by atoms with Gasteiger partial charge in [-0.3, -0.25) is 4.79 Å². The van der Waals surface area contributed by atoms with Crippen molar-refractivity contribution in [1.82, 2.24) is 14.9 Å². The molecule has 2 aliphatic rings. The number of methoxy groups -OCH3 is 1. The molecule has 1 saturated heterocycles. The number of amides is 1. The number of carbonyl (C=O) groups excluding carboxylic acids is 1. The van der Waals surface area contributed by atoms with E-state index in [1.54, 1.807) is 20.1 Å². The number of anilines is 2. The van der Waals surface area contributed by atoms with Crippen molar-refractivity contribution in [3.63, 3.8) is 0 Å². The van der Waals surface area contributed by atoms with Crippen molar-refractivity contribution in [1.29, 1.82) is 0 Å². The van der Waals surface area contributed by atoms with Gasteiger partial charge in [0.05, 0.1) is 18.2 Å². The van der Waals surface area contributed by atoms with Gasteiger partial charge in [-0.25, -0.2) is 9.97 Å². The molecule has 0 spiro atoms. The van der Waals surface area contributed by atoms with E-state index in [0.29, 0.717) is 22.7 Å². The molecule has 202 valence electrons. The summed E-state index contributed by atoms with van der Waals surface area (Å²) in [6.45, 7) is 4.84. The van der Waals surface area contributed by atoms with Crippen LogP contribution in [0.1, 0.15) is 35.4 Å². The number of nitrogens with two attached hydrogens (primary N) is 1. The van der Waals surface area contributed by atoms with Crippen molar-refractivity contribution in [2.24, 2.45) is 5.92 Å². The van der Waals surface area contributed by atoms with Gasteiger partial charge in [0, 0.05) is 48.0 Å². The van der Waals surface area contributed by atoms with Crippen molar-refractivity contribution in [2.45, 2.75) is 39.4 Å². The normalized spacial score (nSPS) is 16.6. The summed E-state index contributed by atoms with van der Waals surface area (Å²) in [6.07, 6.45) is -0.685. The van der Waals surface area contributed by atoms with E-state index in [1.165, 1.54) is 6.92 Å². The summed E-state index contributed by atoms with van der Waals surface area (Å²) in [4.78, 5) is 23.7. The highest BCUT2D eigenvalue weighted by Gasteiger charge is 2.36. The lowest BCUT2D eigenvalue weighted by molar-refractivity contribution is -0.138. The number of alkyl halides is 3. The molecule has 1 aliphatic heterocycles. The number of aromatic nitrogens is 2. The summed E-state index contributed by atoms with van der Waals surface area (Å²) in [6, 6.07) is 6.48. The molecule has 3 aromatic rings. The van der Waals surface area contributed by atoms with E-state index in [2.05, 4.69) is 15.3 Å². The highest BCUT2D eigenvalue weighted by molar-refractivity contribution is 7.66. The number of fused-ring (bicyclic) bond motifs is 1. The van der Waals surface area contributed by atoms with E-state index in [4.69, 9.17) is 10.5 Å². The van der Waals surface area contributed by atoms with Crippen LogP contribution in [0.5, 0.6) is 5.75 Å². The summed E-state index contributed by atoms with van der Waals surface area (Å²) in [7, 11) is 1.08. The molecule has 11 heteroatoms. The molecule has 1 saturated carbocycles. The smallest absolute Gasteiger partial charge is 0.416 e. The van der Waals surface area contributed by atoms with Gasteiger partial charge >= 0.3 is 6.18 Å². The Labute approximate surface area is 220 Å². The molecule has 2 aromatic carbocycles. The molecule has 0 atom stereocenters. The minimum absolute atomic E-state index is 0.0600. The van der Waals surface area contributed by atoms with Crippen molar-refractivity contribution < 1.29 is 22.7 Å². The molecule has 0 unspecified atom stereocenters. The minimum Gasteiger partial charge on any atom is -0.496 e. The van der Waals surface area contributed by atoms with Crippen LogP contribution in [0, 0.1) is 19.8 Å². The fraction of sp³-hybridized carbons (Fsp3) is 0.444. The van der Waals surface area contributed by atoms with E-state index >= 15 is 0 Å². The first-order chi connectivity index (χ1) is 18.0. The summed E-state index contributed by atoms with van der Waals surface area (Å²) in [5.41, 5.74) is 6.40. The second kappa shape index (κ2) is 10.2. The Hall–Kier alpha value is -3.13. The number of hydrogen-bond donors (Lipinski definition) is 2. The standard InChI is InChI=1S/C27H31F3N5O2P/c1-15-18(10-19(31)11-21(15)27(28,29)30)14-32-25-20-12-24(23(37-3)13-22(20)33-16(2)34-25)38-8-6-35(7-9-38)26(36)17-4-5-17/h10-13,17H,4-9,14,31H2,1-3H3,(H,32,33,34). The zero-order valence-electron chi connectivity index (χ0n) is 21.7. The van der Waals surface area contributed by atoms with Crippen molar-refractivity contribution in [3.8, 4) is 5.75 Å². The number of aryl methyl sites for hydroxylation is 1. The third-order valence-corrected chi connectivity index (χ3v) is 9.77. The first kappa shape index (κ1) is 26.5. The van der Waals surface area contributed by atoms with Gasteiger partial charge in [0.15, 0.2) is 0 Å². The Kier molecular flexibility index (Phi) is 7.11. The van der Waals surface area contributed by atoms with E-state index in [0.717, 1.165) is 60.8 Å². The van der Waals surface area contributed by atoms with Crippen LogP contribution in [-0.4, -0.2) is 53.3 Å². The maximum absolute atomic E-state index is 13.5. The third kappa shape index (κ3) is 5.37. The number of nitrogens with one attached hydrogen (secondary N) is 1. The van der Waals surface area contributed by atoms with Crippen molar-refractivity contribution >= 4 is 41.5 Å². The Balaban J connectivity index is 1.44. The van der Waals surface area contributed by atoms with Gasteiger partial charge in [0.25, 0.3) is 0 Å². The van der Waals surface area contributed by atoms with Gasteiger partial charge in [-0.1, -0.05) is 7.92 Å². The second-order valence-corrected chi connectivity index (χ2v) is 12.4. The SMILES string of the molecule is COc1cc2nc(C)nc(NCc3cc(N)cc(C(F)(F)F)c3C)c2cc1P1CCN(C(=O)C2CC2)CC1. The van der Waals surface area contributed by atoms with Gasteiger partial charge in [-0.15, -0.1) is 0 Å². The number of nitrogens with zero attached hydrogens (tertiary/aromatic N) is 3. The molecule has 2 fully saturated rings. The summed E-state index contributed by atoms with van der Waals surface area (Å²) in [5.74, 6) is 2.35. The maximum Gasteiger partial charge on any atom is 0.416 e. The van der Waals surface area contributed by atoms with E-state index in [-0.39, 0.29) is 29.6 Å². The molecule has 38 heavy (non-hydrogen) atoms. The first-order valence-electron chi connectivity index (χ1n) is 12.7. The van der Waals surface area contributed by atoms with Crippen LogP contribution >= 0.6 is 7.92 Å². The number of hydrogen-bond acceptors (Lipinski definition) is 6. The maximum atomic E-state index is 13.5. The Bertz CT molecular complexity index is 1390. The molecule has 0 radical (unpaired) electrons. The van der Waals surface area contributed by atoms with Crippen LogP contribution in [0.3, 0.4) is 0 Å². The Morgan fingerprint density at radius 1 is 1.16 bits per heavy atom. The molecular weight excluding hydrogens is 514 g/mol. The van der Waals surface area contributed by atoms with Crippen LogP contribution < -0.4 is 21.1 Å². The molecule has 3 N–H and O–H groups in total. The fourth-order valence-corrected chi connectivity index (χ4v) is 7.47. The minimum atomic E-state index is -4.49. The molecular formula is C27H31F3N5O2P. The number of carbonyl (C=O) groups is 1. The summed E-state index contributed by atoms with van der Waals surface area (Å²) in [5, 5.41) is 5.11. The number of benzene rings is 2. The van der Waals surface area contributed by atoms with Crippen molar-refractivity contribution in [3.05, 3.63) is 46.8 Å². The lowest BCUT2D eigenvalue weighted by atomic mass is 10.0. The molecule has 5 rings (SSSR count). The molecule has 1 amide bonds. The number of ether oxygens (including phenoxy) is 1. The monoisotopic (exact) mass is 545 g/mol. The first-order valence-corrected chi connectivity index (χ1v) is 14.4. The molecule has 1 aromatic heterocycles. The van der Waals surface area contributed by atoms with Crippen LogP contribution in [0.15, 0.2) is 24.3 Å². The van der Waals surface area contributed by atoms with Gasteiger partial charge in [-0.2, -0.15) is 13.2 Å². The highest BCUT2D eigenvalue weighted by atomic mass is 31.1. The Morgan fingerprint density at radius 3 is 2.50 bits per heavy atom. The summed E-state index contributed by atoms with van der Waals surface area (Å²) < 4.78 is 46.3.